The predicted molar refractivity (Wildman–Crippen MR) is 319 cm³/mol. The molecule has 1 saturated heterocycles. The number of hydrogen-bond donors (Lipinski definition) is 14. The fourth-order valence-electron chi connectivity index (χ4n) is 10.0. The summed E-state index contributed by atoms with van der Waals surface area (Å²) in [5.41, 5.74) is 30.3. The fourth-order valence-corrected chi connectivity index (χ4v) is 10.9. The Morgan fingerprint density at radius 2 is 1.21 bits per heavy atom. The minimum atomic E-state index is -1.44. The van der Waals surface area contributed by atoms with Crippen molar-refractivity contribution in [2.45, 2.75) is 170 Å². The second kappa shape index (κ2) is 33.4. The van der Waals surface area contributed by atoms with Crippen LogP contribution in [0.5, 0.6) is 5.75 Å². The van der Waals surface area contributed by atoms with Crippen LogP contribution in [-0.2, 0) is 57.6 Å². The first-order chi connectivity index (χ1) is 40.0. The number of guanidine groups is 2. The van der Waals surface area contributed by atoms with Crippen LogP contribution in [0.2, 0.25) is 0 Å². The van der Waals surface area contributed by atoms with Gasteiger partial charge in [0.15, 0.2) is 11.9 Å². The zero-order valence-electron chi connectivity index (χ0n) is 48.2. The number of benzene rings is 2. The van der Waals surface area contributed by atoms with Crippen LogP contribution in [0.15, 0.2) is 77.1 Å². The molecule has 0 bridgehead atoms. The number of nitrogens with zero attached hydrogens (tertiary/aromatic N) is 4. The monoisotopic (exact) mass is 1190 g/mol. The largest absolute Gasteiger partial charge is 0.508 e. The van der Waals surface area contributed by atoms with Crippen molar-refractivity contribution in [3.05, 3.63) is 83.9 Å². The number of aliphatic imine (C=N–C) groups is 2. The quantitative estimate of drug-likeness (QED) is 0.0223. The summed E-state index contributed by atoms with van der Waals surface area (Å²) in [5.74, 6) is -6.35. The molecule has 1 aliphatic carbocycles. The van der Waals surface area contributed by atoms with Gasteiger partial charge in [0.2, 0.25) is 41.4 Å². The van der Waals surface area contributed by atoms with Gasteiger partial charge in [0, 0.05) is 54.9 Å². The minimum Gasteiger partial charge on any atom is -0.508 e. The molecule has 0 radical (unpaired) electrons. The number of aliphatic carboxylic acids is 1. The average Bonchev–Trinajstić information content (AvgIpc) is 3.72. The molecule has 2 fully saturated rings. The summed E-state index contributed by atoms with van der Waals surface area (Å²) in [5, 5.41) is 36.6. The minimum absolute atomic E-state index is 0.0212. The number of amides is 7. The van der Waals surface area contributed by atoms with Crippen molar-refractivity contribution in [1.29, 1.82) is 0 Å². The van der Waals surface area contributed by atoms with Gasteiger partial charge in [0.1, 0.15) is 48.0 Å². The van der Waals surface area contributed by atoms with E-state index in [0.29, 0.717) is 17.7 Å². The van der Waals surface area contributed by atoms with Crippen molar-refractivity contribution in [2.24, 2.45) is 44.6 Å². The SMILES string of the molecule is CC(C)(C)SC[C@H](NC(=O)[C@H](CCCN=C(N)N)NC(=O)[C@@H](N)Cc1ccccc1)C(=O)N1CCC[C@H]1C(=O)N[C@@H](CC1CCCCC1)C(=O)N[C@@H](Cc1cnc[nH]1)C(=O)N[C@@H](CCCN=C(N)N)C(=O)N[C@@H](Cc1ccc(O)cc1)C(=O)O. The molecular formula is C57H86N16O10S. The number of carbonyl (C=O) groups is 8. The van der Waals surface area contributed by atoms with Gasteiger partial charge in [-0.05, 0) is 80.5 Å². The third-order valence-corrected chi connectivity index (χ3v) is 15.8. The van der Waals surface area contributed by atoms with Crippen molar-refractivity contribution in [1.82, 2.24) is 46.8 Å². The number of aromatic hydroxyl groups is 1. The summed E-state index contributed by atoms with van der Waals surface area (Å²) >= 11 is 1.42. The van der Waals surface area contributed by atoms with Gasteiger partial charge < -0.3 is 80.7 Å². The van der Waals surface area contributed by atoms with E-state index in [1.807, 2.05) is 51.1 Å². The Kier molecular flexibility index (Phi) is 26.6. The van der Waals surface area contributed by atoms with Crippen LogP contribution in [0.4, 0.5) is 0 Å². The molecule has 26 nitrogen and oxygen atoms in total. The number of nitrogens with one attached hydrogen (secondary N) is 7. The number of carboxylic acid groups (broad SMARTS) is 1. The third kappa shape index (κ3) is 23.0. The molecule has 1 aromatic heterocycles. The Bertz CT molecular complexity index is 2700. The molecule has 460 valence electrons. The summed E-state index contributed by atoms with van der Waals surface area (Å²) in [4.78, 5) is 130. The molecule has 2 heterocycles. The first-order valence-electron chi connectivity index (χ1n) is 28.6. The number of H-pyrrole nitrogens is 1. The maximum atomic E-state index is 14.9. The van der Waals surface area contributed by atoms with Crippen LogP contribution in [0, 0.1) is 5.92 Å². The Labute approximate surface area is 494 Å². The van der Waals surface area contributed by atoms with Crippen molar-refractivity contribution >= 4 is 71.0 Å². The molecule has 2 aliphatic rings. The zero-order valence-corrected chi connectivity index (χ0v) is 49.0. The molecule has 0 spiro atoms. The van der Waals surface area contributed by atoms with Crippen LogP contribution in [0.1, 0.15) is 115 Å². The normalized spacial score (nSPS) is 16.9. The smallest absolute Gasteiger partial charge is 0.326 e. The molecular weight excluding hydrogens is 1100 g/mol. The highest BCUT2D eigenvalue weighted by Crippen LogP contribution is 2.29. The average molecular weight is 1190 g/mol. The Morgan fingerprint density at radius 3 is 1.79 bits per heavy atom. The van der Waals surface area contributed by atoms with E-state index in [4.69, 9.17) is 28.7 Å². The lowest BCUT2D eigenvalue weighted by Crippen LogP contribution is -2.60. The zero-order chi connectivity index (χ0) is 61.3. The number of thioether (sulfide) groups is 1. The van der Waals surface area contributed by atoms with Gasteiger partial charge in [-0.2, -0.15) is 11.8 Å². The van der Waals surface area contributed by atoms with Crippen LogP contribution in [0.3, 0.4) is 0 Å². The van der Waals surface area contributed by atoms with Crippen LogP contribution in [0.25, 0.3) is 0 Å². The second-order valence-corrected chi connectivity index (χ2v) is 24.3. The van der Waals surface area contributed by atoms with E-state index >= 15 is 0 Å². The molecule has 7 amide bonds. The van der Waals surface area contributed by atoms with E-state index in [1.54, 1.807) is 0 Å². The number of hydrogen-bond acceptors (Lipinski definition) is 14. The molecule has 1 saturated carbocycles. The second-order valence-electron chi connectivity index (χ2n) is 22.4. The number of rotatable bonds is 32. The first-order valence-corrected chi connectivity index (χ1v) is 29.6. The van der Waals surface area contributed by atoms with Gasteiger partial charge in [0.25, 0.3) is 0 Å². The number of aromatic nitrogens is 2. The molecule has 5 rings (SSSR count). The highest BCUT2D eigenvalue weighted by Gasteiger charge is 2.41. The number of likely N-dealkylation sites (tertiary alicyclic amines) is 1. The summed E-state index contributed by atoms with van der Waals surface area (Å²) in [7, 11) is 0. The third-order valence-electron chi connectivity index (χ3n) is 14.5. The van der Waals surface area contributed by atoms with E-state index in [0.717, 1.165) is 37.7 Å². The Hall–Kier alpha value is -7.94. The van der Waals surface area contributed by atoms with Crippen molar-refractivity contribution in [3.63, 3.8) is 0 Å². The number of carboxylic acids is 1. The molecule has 1 aliphatic heterocycles. The number of aromatic amines is 1. The number of imidazole rings is 1. The Morgan fingerprint density at radius 1 is 0.667 bits per heavy atom. The van der Waals surface area contributed by atoms with E-state index in [1.165, 1.54) is 53.5 Å². The lowest BCUT2D eigenvalue weighted by molar-refractivity contribution is -0.142. The highest BCUT2D eigenvalue weighted by atomic mass is 32.2. The summed E-state index contributed by atoms with van der Waals surface area (Å²) in [6, 6.07) is 5.23. The summed E-state index contributed by atoms with van der Waals surface area (Å²) in [6.45, 7) is 6.26. The summed E-state index contributed by atoms with van der Waals surface area (Å²) < 4.78 is -0.365. The van der Waals surface area contributed by atoms with Crippen molar-refractivity contribution < 1.29 is 48.6 Å². The topological polar surface area (TPSA) is 436 Å². The summed E-state index contributed by atoms with van der Waals surface area (Å²) in [6.07, 6.45) is 8.53. The lowest BCUT2D eigenvalue weighted by Gasteiger charge is -2.33. The molecule has 8 atom stereocenters. The van der Waals surface area contributed by atoms with Crippen LogP contribution >= 0.6 is 11.8 Å². The predicted octanol–water partition coefficient (Wildman–Crippen LogP) is 0.0642. The molecule has 2 aromatic carbocycles. The van der Waals surface area contributed by atoms with E-state index in [-0.39, 0.29) is 112 Å². The van der Waals surface area contributed by atoms with Crippen LogP contribution < -0.4 is 60.6 Å². The number of nitrogens with two attached hydrogens (primary N) is 5. The first kappa shape index (κ1) is 66.9. The molecule has 27 heteroatoms. The Balaban J connectivity index is 1.38. The standard InChI is InChI=1S/C57H86N16O10S/c1-57(2,3)84-32-45(72-49(77)40(17-10-24-64-55(59)60)67-47(75)39(58)27-34-13-6-4-7-14-34)53(81)73-26-12-19-46(73)52(80)70-42(28-35-15-8-5-9-16-35)50(78)69-43(30-37-31-63-33-66-37)51(79)68-41(18-11-25-65-56(61)62)48(76)71-44(54(82)83)29-36-20-22-38(74)23-21-36/h4,6-7,13-14,20-23,31,33,35,39-46,74H,5,8-12,15-19,24-30,32,58H2,1-3H3,(H,63,66)(H,67,75)(H,68,79)(H,69,78)(H,70,80)(H,71,76)(H,72,77)(H,82,83)(H4,59,60,64)(H4,61,62,65)/t39-,40-,41-,42-,43-,44-,45-,46-/m0/s1. The van der Waals surface area contributed by atoms with Crippen LogP contribution in [-0.4, -0.2) is 163 Å². The number of carbonyl (C=O) groups excluding carboxylic acids is 7. The van der Waals surface area contributed by atoms with Gasteiger partial charge in [-0.1, -0.05) is 95.3 Å². The van der Waals surface area contributed by atoms with E-state index in [2.05, 4.69) is 51.9 Å². The maximum Gasteiger partial charge on any atom is 0.326 e. The van der Waals surface area contributed by atoms with Gasteiger partial charge >= 0.3 is 5.97 Å². The van der Waals surface area contributed by atoms with E-state index in [9.17, 15) is 48.6 Å². The van der Waals surface area contributed by atoms with Gasteiger partial charge in [-0.25, -0.2) is 9.78 Å². The number of phenols is 1. The van der Waals surface area contributed by atoms with Crippen molar-refractivity contribution in [3.8, 4) is 5.75 Å². The maximum absolute atomic E-state index is 14.9. The molecule has 84 heavy (non-hydrogen) atoms. The molecule has 0 unspecified atom stereocenters. The number of phenolic OH excluding ortho intramolecular Hbond substituents is 1. The molecule has 19 N–H and O–H groups in total. The van der Waals surface area contributed by atoms with Gasteiger partial charge in [-0.15, -0.1) is 0 Å². The van der Waals surface area contributed by atoms with E-state index < -0.39 is 95.7 Å². The molecule has 3 aromatic rings. The lowest BCUT2D eigenvalue weighted by atomic mass is 9.84. The highest BCUT2D eigenvalue weighted by molar-refractivity contribution is 8.00. The van der Waals surface area contributed by atoms with Crippen molar-refractivity contribution in [2.75, 3.05) is 25.4 Å². The fraction of sp³-hybridized carbons (Fsp3) is 0.561. The van der Waals surface area contributed by atoms with Gasteiger partial charge in [-0.3, -0.25) is 43.5 Å². The van der Waals surface area contributed by atoms with Gasteiger partial charge in [0.05, 0.1) is 12.4 Å².